The largest absolute Gasteiger partial charge is 0.466 e. The normalized spacial score (nSPS) is 12.5. The van der Waals surface area contributed by atoms with Gasteiger partial charge in [0, 0.05) is 10.5 Å². The lowest BCUT2D eigenvalue weighted by Crippen LogP contribution is -2.30. The molecule has 0 heterocycles. The first-order chi connectivity index (χ1) is 9.53. The summed E-state index contributed by atoms with van der Waals surface area (Å²) in [5, 5.41) is 0.670. The molecule has 0 fully saturated rings. The van der Waals surface area contributed by atoms with Crippen molar-refractivity contribution in [3.8, 4) is 0 Å². The number of carbonyl (C=O) groups excluding carboxylic acids is 1. The van der Waals surface area contributed by atoms with E-state index in [4.69, 9.17) is 16.3 Å². The zero-order valence-corrected chi connectivity index (χ0v) is 14.5. The highest BCUT2D eigenvalue weighted by Gasteiger charge is 2.22. The van der Waals surface area contributed by atoms with Crippen molar-refractivity contribution in [1.82, 2.24) is 4.90 Å². The zero-order chi connectivity index (χ0) is 15.1. The van der Waals surface area contributed by atoms with Crippen LogP contribution in [0.1, 0.15) is 38.8 Å². The molecule has 112 valence electrons. The van der Waals surface area contributed by atoms with Gasteiger partial charge in [-0.05, 0) is 53.6 Å². The van der Waals surface area contributed by atoms with Crippen molar-refractivity contribution >= 4 is 33.5 Å². The number of carbonyl (C=O) groups is 1. The molecule has 0 N–H and O–H groups in total. The van der Waals surface area contributed by atoms with Crippen molar-refractivity contribution in [1.29, 1.82) is 0 Å². The first-order valence-corrected chi connectivity index (χ1v) is 8.05. The molecule has 1 aromatic rings. The number of esters is 1. The molecule has 0 aromatic heterocycles. The molecule has 0 saturated heterocycles. The Bertz CT molecular complexity index is 449. The molecule has 5 heteroatoms. The standard InChI is InChI=1S/C15H21BrClNO2/c1-4-18(5-2)14(10-15(19)20-6-3)11-7-8-13(17)12(16)9-11/h7-9,14H,4-6,10H2,1-3H3. The Labute approximate surface area is 134 Å². The van der Waals surface area contributed by atoms with Crippen molar-refractivity contribution in [2.45, 2.75) is 33.2 Å². The minimum Gasteiger partial charge on any atom is -0.466 e. The maximum absolute atomic E-state index is 11.8. The van der Waals surface area contributed by atoms with E-state index in [9.17, 15) is 4.79 Å². The summed E-state index contributed by atoms with van der Waals surface area (Å²) in [5.41, 5.74) is 1.07. The second kappa shape index (κ2) is 8.65. The number of halogens is 2. The average Bonchev–Trinajstić information content (AvgIpc) is 2.42. The molecule has 0 aliphatic heterocycles. The SMILES string of the molecule is CCOC(=O)CC(c1ccc(Cl)c(Br)c1)N(CC)CC. The maximum Gasteiger partial charge on any atom is 0.307 e. The summed E-state index contributed by atoms with van der Waals surface area (Å²) in [6.45, 7) is 8.16. The van der Waals surface area contributed by atoms with Crippen LogP contribution in [0.4, 0.5) is 0 Å². The van der Waals surface area contributed by atoms with E-state index in [1.807, 2.05) is 25.1 Å². The summed E-state index contributed by atoms with van der Waals surface area (Å²) < 4.78 is 5.93. The predicted octanol–water partition coefficient (Wildman–Crippen LogP) is 4.44. The van der Waals surface area contributed by atoms with E-state index in [-0.39, 0.29) is 12.0 Å². The Morgan fingerprint density at radius 3 is 2.50 bits per heavy atom. The van der Waals surface area contributed by atoms with Gasteiger partial charge in [0.25, 0.3) is 0 Å². The van der Waals surface area contributed by atoms with E-state index < -0.39 is 0 Å². The fraction of sp³-hybridized carbons (Fsp3) is 0.533. The van der Waals surface area contributed by atoms with Crippen LogP contribution in [0, 0.1) is 0 Å². The molecule has 0 aliphatic rings. The minimum atomic E-state index is -0.171. The van der Waals surface area contributed by atoms with E-state index in [0.717, 1.165) is 23.1 Å². The van der Waals surface area contributed by atoms with Gasteiger partial charge in [0.1, 0.15) is 0 Å². The van der Waals surface area contributed by atoms with Gasteiger partial charge in [-0.25, -0.2) is 0 Å². The van der Waals surface area contributed by atoms with Gasteiger partial charge in [-0.2, -0.15) is 0 Å². The lowest BCUT2D eigenvalue weighted by molar-refractivity contribution is -0.144. The third-order valence-electron chi connectivity index (χ3n) is 3.25. The number of benzene rings is 1. The minimum absolute atomic E-state index is 0.0117. The number of hydrogen-bond donors (Lipinski definition) is 0. The topological polar surface area (TPSA) is 29.5 Å². The second-order valence-electron chi connectivity index (χ2n) is 4.42. The average molecular weight is 363 g/mol. The highest BCUT2D eigenvalue weighted by Crippen LogP contribution is 2.30. The molecule has 3 nitrogen and oxygen atoms in total. The van der Waals surface area contributed by atoms with Gasteiger partial charge in [0.05, 0.1) is 18.1 Å². The van der Waals surface area contributed by atoms with Crippen LogP contribution >= 0.6 is 27.5 Å². The Balaban J connectivity index is 3.02. The van der Waals surface area contributed by atoms with Crippen molar-refractivity contribution in [2.24, 2.45) is 0 Å². The molecule has 1 rings (SSSR count). The molecular formula is C15H21BrClNO2. The maximum atomic E-state index is 11.8. The number of ether oxygens (including phenoxy) is 1. The number of nitrogens with zero attached hydrogens (tertiary/aromatic N) is 1. The van der Waals surface area contributed by atoms with E-state index >= 15 is 0 Å². The molecule has 0 bridgehead atoms. The van der Waals surface area contributed by atoms with Crippen LogP contribution in [0.25, 0.3) is 0 Å². The second-order valence-corrected chi connectivity index (χ2v) is 5.68. The van der Waals surface area contributed by atoms with Gasteiger partial charge in [0.2, 0.25) is 0 Å². The Kier molecular flexibility index (Phi) is 7.56. The van der Waals surface area contributed by atoms with Crippen LogP contribution in [0.15, 0.2) is 22.7 Å². The molecule has 1 atom stereocenters. The lowest BCUT2D eigenvalue weighted by atomic mass is 10.0. The lowest BCUT2D eigenvalue weighted by Gasteiger charge is -2.29. The van der Waals surface area contributed by atoms with Crippen molar-refractivity contribution < 1.29 is 9.53 Å². The fourth-order valence-corrected chi connectivity index (χ4v) is 2.73. The van der Waals surface area contributed by atoms with Crippen LogP contribution < -0.4 is 0 Å². The zero-order valence-electron chi connectivity index (χ0n) is 12.2. The fourth-order valence-electron chi connectivity index (χ4n) is 2.22. The number of hydrogen-bond acceptors (Lipinski definition) is 3. The van der Waals surface area contributed by atoms with Gasteiger partial charge in [-0.1, -0.05) is 31.5 Å². The molecule has 0 saturated carbocycles. The van der Waals surface area contributed by atoms with E-state index in [2.05, 4.69) is 34.7 Å². The van der Waals surface area contributed by atoms with Gasteiger partial charge in [-0.15, -0.1) is 0 Å². The first-order valence-electron chi connectivity index (χ1n) is 6.88. The Morgan fingerprint density at radius 1 is 1.35 bits per heavy atom. The van der Waals surface area contributed by atoms with Gasteiger partial charge >= 0.3 is 5.97 Å². The first kappa shape index (κ1) is 17.5. The summed E-state index contributed by atoms with van der Waals surface area (Å²) in [6, 6.07) is 5.81. The Morgan fingerprint density at radius 2 is 2.00 bits per heavy atom. The van der Waals surface area contributed by atoms with Gasteiger partial charge in [-0.3, -0.25) is 9.69 Å². The molecule has 1 aromatic carbocycles. The quantitative estimate of drug-likeness (QED) is 0.672. The van der Waals surface area contributed by atoms with Crippen LogP contribution in [0.3, 0.4) is 0 Å². The third-order valence-corrected chi connectivity index (χ3v) is 4.46. The smallest absolute Gasteiger partial charge is 0.307 e. The monoisotopic (exact) mass is 361 g/mol. The molecule has 0 radical (unpaired) electrons. The van der Waals surface area contributed by atoms with Gasteiger partial charge < -0.3 is 4.74 Å². The Hall–Kier alpha value is -0.580. The molecule has 0 amide bonds. The summed E-state index contributed by atoms with van der Waals surface area (Å²) in [7, 11) is 0. The van der Waals surface area contributed by atoms with Crippen LogP contribution in [0.5, 0.6) is 0 Å². The predicted molar refractivity (Wildman–Crippen MR) is 86.1 cm³/mol. The van der Waals surface area contributed by atoms with Crippen LogP contribution in [0.2, 0.25) is 5.02 Å². The van der Waals surface area contributed by atoms with Crippen molar-refractivity contribution in [2.75, 3.05) is 19.7 Å². The summed E-state index contributed by atoms with van der Waals surface area (Å²) in [5.74, 6) is -0.171. The molecule has 0 aliphatic carbocycles. The van der Waals surface area contributed by atoms with E-state index in [1.165, 1.54) is 0 Å². The van der Waals surface area contributed by atoms with Crippen molar-refractivity contribution in [3.63, 3.8) is 0 Å². The summed E-state index contributed by atoms with van der Waals surface area (Å²) in [4.78, 5) is 14.1. The van der Waals surface area contributed by atoms with Gasteiger partial charge in [0.15, 0.2) is 0 Å². The molecule has 0 spiro atoms. The third kappa shape index (κ3) is 4.76. The van der Waals surface area contributed by atoms with E-state index in [0.29, 0.717) is 18.1 Å². The molecule has 20 heavy (non-hydrogen) atoms. The van der Waals surface area contributed by atoms with E-state index in [1.54, 1.807) is 0 Å². The summed E-state index contributed by atoms with van der Waals surface area (Å²) >= 11 is 9.47. The highest BCUT2D eigenvalue weighted by molar-refractivity contribution is 9.10. The molecule has 1 unspecified atom stereocenters. The molecular weight excluding hydrogens is 342 g/mol. The van der Waals surface area contributed by atoms with Crippen LogP contribution in [-0.2, 0) is 9.53 Å². The van der Waals surface area contributed by atoms with Crippen LogP contribution in [-0.4, -0.2) is 30.6 Å². The highest BCUT2D eigenvalue weighted by atomic mass is 79.9. The van der Waals surface area contributed by atoms with Crippen molar-refractivity contribution in [3.05, 3.63) is 33.3 Å². The number of rotatable bonds is 7. The summed E-state index contributed by atoms with van der Waals surface area (Å²) in [6.07, 6.45) is 0.351.